The quantitative estimate of drug-likeness (QED) is 0.784. The topological polar surface area (TPSA) is 84.2 Å². The molecule has 1 amide bonds. The van der Waals surface area contributed by atoms with Crippen LogP contribution in [0.15, 0.2) is 12.4 Å². The summed E-state index contributed by atoms with van der Waals surface area (Å²) >= 11 is 0. The Kier molecular flexibility index (Phi) is 4.68. The molecule has 17 heavy (non-hydrogen) atoms. The third kappa shape index (κ3) is 4.67. The van der Waals surface area contributed by atoms with Crippen molar-refractivity contribution in [1.82, 2.24) is 9.55 Å². The van der Waals surface area contributed by atoms with Gasteiger partial charge in [-0.15, -0.1) is 0 Å². The zero-order valence-electron chi connectivity index (χ0n) is 10.0. The van der Waals surface area contributed by atoms with E-state index in [1.165, 1.54) is 0 Å². The maximum Gasteiger partial charge on any atom is 0.303 e. The van der Waals surface area contributed by atoms with Gasteiger partial charge >= 0.3 is 5.97 Å². The normalized spacial score (nSPS) is 10.5. The minimum absolute atomic E-state index is 0.0378. The van der Waals surface area contributed by atoms with Crippen LogP contribution in [0.1, 0.15) is 26.7 Å². The predicted molar refractivity (Wildman–Crippen MR) is 62.6 cm³/mol. The summed E-state index contributed by atoms with van der Waals surface area (Å²) in [6.45, 7) is 4.89. The largest absolute Gasteiger partial charge is 0.481 e. The van der Waals surface area contributed by atoms with E-state index in [1.54, 1.807) is 12.4 Å². The zero-order chi connectivity index (χ0) is 12.8. The minimum atomic E-state index is -0.981. The van der Waals surface area contributed by atoms with Crippen molar-refractivity contribution in [3.63, 3.8) is 0 Å². The Morgan fingerprint density at radius 2 is 2.18 bits per heavy atom. The summed E-state index contributed by atoms with van der Waals surface area (Å²) in [5.74, 6) is -0.401. The van der Waals surface area contributed by atoms with Gasteiger partial charge in [-0.25, -0.2) is 4.98 Å². The first kappa shape index (κ1) is 13.2. The van der Waals surface area contributed by atoms with Gasteiger partial charge in [-0.05, 0) is 5.92 Å². The van der Waals surface area contributed by atoms with Crippen molar-refractivity contribution in [2.24, 2.45) is 5.92 Å². The Balaban J connectivity index is 2.53. The summed E-state index contributed by atoms with van der Waals surface area (Å²) in [4.78, 5) is 25.8. The highest BCUT2D eigenvalue weighted by Gasteiger charge is 2.10. The average Bonchev–Trinajstić information content (AvgIpc) is 2.62. The lowest BCUT2D eigenvalue weighted by Crippen LogP contribution is -2.17. The van der Waals surface area contributed by atoms with Gasteiger partial charge in [0.15, 0.2) is 0 Å². The summed E-state index contributed by atoms with van der Waals surface area (Å²) in [6.07, 6.45) is 3.18. The molecule has 94 valence electrons. The highest BCUT2D eigenvalue weighted by atomic mass is 16.4. The van der Waals surface area contributed by atoms with E-state index < -0.39 is 5.97 Å². The molecule has 0 aliphatic rings. The fourth-order valence-electron chi connectivity index (χ4n) is 1.38. The van der Waals surface area contributed by atoms with Crippen LogP contribution in [0.2, 0.25) is 0 Å². The fourth-order valence-corrected chi connectivity index (χ4v) is 1.38. The highest BCUT2D eigenvalue weighted by Crippen LogP contribution is 2.08. The van der Waals surface area contributed by atoms with Crippen LogP contribution in [0, 0.1) is 5.92 Å². The summed E-state index contributed by atoms with van der Waals surface area (Å²) in [5.41, 5.74) is 0. The third-order valence-electron chi connectivity index (χ3n) is 2.09. The molecule has 6 heteroatoms. The molecule has 0 saturated heterocycles. The molecule has 0 bridgehead atoms. The second-order valence-corrected chi connectivity index (χ2v) is 4.24. The molecular weight excluding hydrogens is 222 g/mol. The second kappa shape index (κ2) is 6.03. The number of nitrogens with one attached hydrogen (secondary N) is 1. The monoisotopic (exact) mass is 239 g/mol. The molecule has 0 fully saturated rings. The van der Waals surface area contributed by atoms with E-state index in [4.69, 9.17) is 5.11 Å². The smallest absolute Gasteiger partial charge is 0.303 e. The van der Waals surface area contributed by atoms with Crippen LogP contribution in [-0.4, -0.2) is 26.5 Å². The van der Waals surface area contributed by atoms with E-state index in [2.05, 4.69) is 24.1 Å². The van der Waals surface area contributed by atoms with Crippen LogP contribution in [0.4, 0.5) is 5.95 Å². The number of carboxylic acids is 1. The van der Waals surface area contributed by atoms with Crippen LogP contribution in [0.3, 0.4) is 0 Å². The number of aromatic nitrogens is 2. The maximum atomic E-state index is 11.4. The molecule has 6 nitrogen and oxygen atoms in total. The Morgan fingerprint density at radius 1 is 1.47 bits per heavy atom. The number of carbonyl (C=O) groups excluding carboxylic acids is 1. The molecule has 1 rings (SSSR count). The summed E-state index contributed by atoms with van der Waals surface area (Å²) in [6, 6.07) is 0. The maximum absolute atomic E-state index is 11.4. The first-order valence-electron chi connectivity index (χ1n) is 5.52. The van der Waals surface area contributed by atoms with E-state index in [9.17, 15) is 9.59 Å². The van der Waals surface area contributed by atoms with Crippen molar-refractivity contribution in [2.45, 2.75) is 33.2 Å². The van der Waals surface area contributed by atoms with Gasteiger partial charge < -0.3 is 9.67 Å². The number of rotatable bonds is 6. The van der Waals surface area contributed by atoms with Crippen LogP contribution in [0.5, 0.6) is 0 Å². The van der Waals surface area contributed by atoms with Crippen LogP contribution in [-0.2, 0) is 16.1 Å². The Morgan fingerprint density at radius 3 is 2.76 bits per heavy atom. The van der Waals surface area contributed by atoms with E-state index in [0.717, 1.165) is 6.54 Å². The second-order valence-electron chi connectivity index (χ2n) is 4.24. The molecule has 0 aromatic carbocycles. The summed E-state index contributed by atoms with van der Waals surface area (Å²) < 4.78 is 1.84. The van der Waals surface area contributed by atoms with Crippen LogP contribution >= 0.6 is 0 Å². The van der Waals surface area contributed by atoms with E-state index in [1.807, 2.05) is 4.57 Å². The van der Waals surface area contributed by atoms with Crippen LogP contribution < -0.4 is 5.32 Å². The number of carbonyl (C=O) groups is 2. The van der Waals surface area contributed by atoms with Crippen molar-refractivity contribution in [3.05, 3.63) is 12.4 Å². The van der Waals surface area contributed by atoms with Gasteiger partial charge in [-0.2, -0.15) is 0 Å². The number of hydrogen-bond donors (Lipinski definition) is 2. The molecule has 2 N–H and O–H groups in total. The Hall–Kier alpha value is -1.85. The predicted octanol–water partition coefficient (Wildman–Crippen LogP) is 1.34. The lowest BCUT2D eigenvalue weighted by molar-refractivity contribution is -0.138. The van der Waals surface area contributed by atoms with E-state index in [0.29, 0.717) is 11.9 Å². The van der Waals surface area contributed by atoms with Gasteiger partial charge in [0.2, 0.25) is 11.9 Å². The molecule has 0 radical (unpaired) electrons. The third-order valence-corrected chi connectivity index (χ3v) is 2.09. The van der Waals surface area contributed by atoms with Crippen molar-refractivity contribution >= 4 is 17.8 Å². The van der Waals surface area contributed by atoms with Crippen molar-refractivity contribution < 1.29 is 14.7 Å². The van der Waals surface area contributed by atoms with Gasteiger partial charge in [-0.1, -0.05) is 13.8 Å². The Bertz CT molecular complexity index is 398. The van der Waals surface area contributed by atoms with Crippen molar-refractivity contribution in [3.8, 4) is 0 Å². The van der Waals surface area contributed by atoms with Crippen molar-refractivity contribution in [2.75, 3.05) is 5.32 Å². The first-order chi connectivity index (χ1) is 7.99. The van der Waals surface area contributed by atoms with Gasteiger partial charge in [-0.3, -0.25) is 14.9 Å². The number of amides is 1. The molecule has 0 unspecified atom stereocenters. The molecule has 0 aliphatic heterocycles. The lowest BCUT2D eigenvalue weighted by atomic mass is 10.2. The summed E-state index contributed by atoms with van der Waals surface area (Å²) in [7, 11) is 0. The molecule has 0 saturated carbocycles. The Labute approximate surface area is 99.7 Å². The van der Waals surface area contributed by atoms with E-state index >= 15 is 0 Å². The number of nitrogens with zero attached hydrogens (tertiary/aromatic N) is 2. The summed E-state index contributed by atoms with van der Waals surface area (Å²) in [5, 5.41) is 11.1. The SMILES string of the molecule is CC(C)Cn1ccnc1NC(=O)CCC(=O)O. The van der Waals surface area contributed by atoms with Gasteiger partial charge in [0.05, 0.1) is 6.42 Å². The number of carboxylic acid groups (broad SMARTS) is 1. The van der Waals surface area contributed by atoms with Gasteiger partial charge in [0.25, 0.3) is 0 Å². The average molecular weight is 239 g/mol. The molecule has 0 aliphatic carbocycles. The van der Waals surface area contributed by atoms with Gasteiger partial charge in [0, 0.05) is 25.4 Å². The number of aliphatic carboxylic acids is 1. The standard InChI is InChI=1S/C11H17N3O3/c1-8(2)7-14-6-5-12-11(14)13-9(15)3-4-10(16)17/h5-6,8H,3-4,7H2,1-2H3,(H,16,17)(H,12,13,15). The zero-order valence-corrected chi connectivity index (χ0v) is 10.0. The lowest BCUT2D eigenvalue weighted by Gasteiger charge is -2.10. The molecule has 0 spiro atoms. The number of hydrogen-bond acceptors (Lipinski definition) is 3. The first-order valence-corrected chi connectivity index (χ1v) is 5.52. The molecular formula is C11H17N3O3. The minimum Gasteiger partial charge on any atom is -0.481 e. The molecule has 0 atom stereocenters. The van der Waals surface area contributed by atoms with Gasteiger partial charge in [0.1, 0.15) is 0 Å². The van der Waals surface area contributed by atoms with Crippen LogP contribution in [0.25, 0.3) is 0 Å². The molecule has 1 aromatic heterocycles. The fraction of sp³-hybridized carbons (Fsp3) is 0.545. The van der Waals surface area contributed by atoms with Crippen molar-refractivity contribution in [1.29, 1.82) is 0 Å². The number of anilines is 1. The number of imidazole rings is 1. The highest BCUT2D eigenvalue weighted by molar-refractivity contribution is 5.90. The van der Waals surface area contributed by atoms with E-state index in [-0.39, 0.29) is 18.7 Å². The molecule has 1 aromatic rings. The molecule has 1 heterocycles.